The zero-order valence-corrected chi connectivity index (χ0v) is 17.8. The standard InChI is InChI=1S/C18H32O16/c19-1-6-9(24)11(26)12(27)16(30-6)34-18(5-23)15(29)13(8(3-21)32-18)33-17(4-22)14(28)10(25)7(2-20)31-17/h6-16,19-29H,1-5H2/t6-,7-,8-,9-,10-,11+,12-,13-,14+,15+,16-,17-,18+/m1/s1. The van der Waals surface area contributed by atoms with Gasteiger partial charge in [0.25, 0.3) is 0 Å². The first-order valence-electron chi connectivity index (χ1n) is 10.5. The third kappa shape index (κ3) is 4.59. The Labute approximate surface area is 192 Å². The average Bonchev–Trinajstić information content (AvgIpc) is 3.25. The van der Waals surface area contributed by atoms with E-state index in [-0.39, 0.29) is 0 Å². The van der Waals surface area contributed by atoms with Crippen LogP contribution in [0.15, 0.2) is 0 Å². The summed E-state index contributed by atoms with van der Waals surface area (Å²) in [6.45, 7) is -4.59. The van der Waals surface area contributed by atoms with Gasteiger partial charge in [-0.15, -0.1) is 0 Å². The van der Waals surface area contributed by atoms with Crippen LogP contribution in [0.3, 0.4) is 0 Å². The van der Waals surface area contributed by atoms with Crippen LogP contribution >= 0.6 is 0 Å². The Kier molecular flexibility index (Phi) is 8.85. The van der Waals surface area contributed by atoms with Gasteiger partial charge in [-0.2, -0.15) is 0 Å². The van der Waals surface area contributed by atoms with Crippen LogP contribution in [0.1, 0.15) is 0 Å². The lowest BCUT2D eigenvalue weighted by molar-refractivity contribution is -0.384. The summed E-state index contributed by atoms with van der Waals surface area (Å²) in [7, 11) is 0. The zero-order chi connectivity index (χ0) is 25.4. The minimum atomic E-state index is -2.47. The number of rotatable bonds is 9. The smallest absolute Gasteiger partial charge is 0.224 e. The third-order valence-corrected chi connectivity index (χ3v) is 6.29. The van der Waals surface area contributed by atoms with Gasteiger partial charge in [-0.05, 0) is 0 Å². The molecule has 0 spiro atoms. The summed E-state index contributed by atoms with van der Waals surface area (Å²) in [4.78, 5) is 0. The molecule has 0 radical (unpaired) electrons. The van der Waals surface area contributed by atoms with Crippen LogP contribution < -0.4 is 0 Å². The first kappa shape index (κ1) is 27.9. The fourth-order valence-corrected chi connectivity index (χ4v) is 4.26. The maximum Gasteiger partial charge on any atom is 0.224 e. The van der Waals surface area contributed by atoms with Gasteiger partial charge in [-0.25, -0.2) is 0 Å². The average molecular weight is 504 g/mol. The first-order chi connectivity index (χ1) is 16.0. The van der Waals surface area contributed by atoms with Gasteiger partial charge < -0.3 is 79.9 Å². The normalized spacial score (nSPS) is 51.8. The van der Waals surface area contributed by atoms with E-state index in [0.717, 1.165) is 0 Å². The maximum absolute atomic E-state index is 10.9. The quantitative estimate of drug-likeness (QED) is 0.139. The lowest BCUT2D eigenvalue weighted by Gasteiger charge is -2.43. The Balaban J connectivity index is 1.84. The summed E-state index contributed by atoms with van der Waals surface area (Å²) in [5, 5.41) is 110. The molecule has 0 aromatic heterocycles. The van der Waals surface area contributed by atoms with Gasteiger partial charge in [-0.3, -0.25) is 0 Å². The van der Waals surface area contributed by atoms with Crippen LogP contribution in [-0.4, -0.2) is 168 Å². The Morgan fingerprint density at radius 3 is 1.59 bits per heavy atom. The van der Waals surface area contributed by atoms with Crippen molar-refractivity contribution >= 4 is 0 Å². The molecule has 0 unspecified atom stereocenters. The van der Waals surface area contributed by atoms with Crippen molar-refractivity contribution in [1.82, 2.24) is 0 Å². The molecular formula is C18H32O16. The molecule has 13 atom stereocenters. The van der Waals surface area contributed by atoms with E-state index in [4.69, 9.17) is 23.7 Å². The van der Waals surface area contributed by atoms with E-state index in [9.17, 15) is 56.2 Å². The molecule has 3 saturated heterocycles. The zero-order valence-electron chi connectivity index (χ0n) is 17.8. The van der Waals surface area contributed by atoms with Gasteiger partial charge >= 0.3 is 0 Å². The van der Waals surface area contributed by atoms with Gasteiger partial charge in [0.15, 0.2) is 6.29 Å². The topological polar surface area (TPSA) is 269 Å². The molecule has 16 heteroatoms. The monoisotopic (exact) mass is 504 g/mol. The van der Waals surface area contributed by atoms with Gasteiger partial charge in [-0.1, -0.05) is 0 Å². The predicted octanol–water partition coefficient (Wildman–Crippen LogP) is -7.57. The molecule has 11 N–H and O–H groups in total. The summed E-state index contributed by atoms with van der Waals surface area (Å²) in [6, 6.07) is 0. The maximum atomic E-state index is 10.9. The van der Waals surface area contributed by atoms with Crippen molar-refractivity contribution in [2.75, 3.05) is 33.0 Å². The highest BCUT2D eigenvalue weighted by atomic mass is 16.8. The second-order valence-corrected chi connectivity index (χ2v) is 8.40. The second kappa shape index (κ2) is 10.8. The Bertz CT molecular complexity index is 668. The lowest BCUT2D eigenvalue weighted by atomic mass is 9.98. The van der Waals surface area contributed by atoms with Gasteiger partial charge in [0.1, 0.15) is 74.3 Å². The highest BCUT2D eigenvalue weighted by molar-refractivity contribution is 5.03. The number of hydrogen-bond donors (Lipinski definition) is 11. The SMILES string of the molecule is OC[C@H]1O[C@](CO)(O[C@@H]2[C@@H](CO)O[C@@](CO)(O[C@H]3O[C@H](CO)[C@@H](O)[C@H](O)[C@H]3O)[C@H]2O)[C@@H](O)[C@@H]1O. The van der Waals surface area contributed by atoms with Crippen LogP contribution in [0.5, 0.6) is 0 Å². The molecular weight excluding hydrogens is 472 g/mol. The first-order valence-corrected chi connectivity index (χ1v) is 10.5. The fraction of sp³-hybridized carbons (Fsp3) is 1.00. The Morgan fingerprint density at radius 1 is 0.559 bits per heavy atom. The van der Waals surface area contributed by atoms with Crippen molar-refractivity contribution in [2.45, 2.75) is 78.9 Å². The molecule has 34 heavy (non-hydrogen) atoms. The van der Waals surface area contributed by atoms with Crippen LogP contribution in [0, 0.1) is 0 Å². The van der Waals surface area contributed by atoms with Crippen LogP contribution in [0.4, 0.5) is 0 Å². The summed E-state index contributed by atoms with van der Waals surface area (Å²) in [5.41, 5.74) is 0. The fourth-order valence-electron chi connectivity index (χ4n) is 4.26. The van der Waals surface area contributed by atoms with Crippen molar-refractivity contribution in [1.29, 1.82) is 0 Å². The number of aliphatic hydroxyl groups excluding tert-OH is 11. The molecule has 3 aliphatic rings. The summed E-state index contributed by atoms with van der Waals surface area (Å²) in [6.07, 6.45) is -18.9. The number of ether oxygens (including phenoxy) is 5. The van der Waals surface area contributed by atoms with Crippen molar-refractivity contribution in [3.8, 4) is 0 Å². The van der Waals surface area contributed by atoms with E-state index in [0.29, 0.717) is 0 Å². The second-order valence-electron chi connectivity index (χ2n) is 8.40. The van der Waals surface area contributed by atoms with E-state index in [1.54, 1.807) is 0 Å². The lowest BCUT2D eigenvalue weighted by Crippen LogP contribution is -2.63. The van der Waals surface area contributed by atoms with Crippen molar-refractivity contribution < 1.29 is 79.9 Å². The van der Waals surface area contributed by atoms with Crippen LogP contribution in [0.25, 0.3) is 0 Å². The summed E-state index contributed by atoms with van der Waals surface area (Å²) >= 11 is 0. The summed E-state index contributed by atoms with van der Waals surface area (Å²) in [5.74, 6) is -4.84. The highest BCUT2D eigenvalue weighted by Crippen LogP contribution is 2.41. The van der Waals surface area contributed by atoms with Crippen molar-refractivity contribution in [2.24, 2.45) is 0 Å². The minimum Gasteiger partial charge on any atom is -0.394 e. The van der Waals surface area contributed by atoms with E-state index in [2.05, 4.69) is 0 Å². The minimum absolute atomic E-state index is 0.753. The van der Waals surface area contributed by atoms with Gasteiger partial charge in [0.05, 0.1) is 19.8 Å². The number of hydrogen-bond acceptors (Lipinski definition) is 16. The van der Waals surface area contributed by atoms with Crippen LogP contribution in [0.2, 0.25) is 0 Å². The molecule has 0 amide bonds. The molecule has 200 valence electrons. The van der Waals surface area contributed by atoms with Crippen molar-refractivity contribution in [3.05, 3.63) is 0 Å². The highest BCUT2D eigenvalue weighted by Gasteiger charge is 2.63. The van der Waals surface area contributed by atoms with E-state index >= 15 is 0 Å². The van der Waals surface area contributed by atoms with Gasteiger partial charge in [0.2, 0.25) is 11.6 Å². The Morgan fingerprint density at radius 2 is 1.09 bits per heavy atom. The molecule has 3 aliphatic heterocycles. The largest absolute Gasteiger partial charge is 0.394 e. The molecule has 0 saturated carbocycles. The predicted molar refractivity (Wildman–Crippen MR) is 101 cm³/mol. The number of aliphatic hydroxyl groups is 11. The Hall–Kier alpha value is -0.640. The summed E-state index contributed by atoms with van der Waals surface area (Å²) < 4.78 is 26.9. The molecule has 16 nitrogen and oxygen atoms in total. The van der Waals surface area contributed by atoms with E-state index < -0.39 is 112 Å². The third-order valence-electron chi connectivity index (χ3n) is 6.29. The van der Waals surface area contributed by atoms with Crippen LogP contribution in [-0.2, 0) is 23.7 Å². The van der Waals surface area contributed by atoms with E-state index in [1.165, 1.54) is 0 Å². The molecule has 3 rings (SSSR count). The van der Waals surface area contributed by atoms with Crippen molar-refractivity contribution in [3.63, 3.8) is 0 Å². The van der Waals surface area contributed by atoms with Gasteiger partial charge in [0, 0.05) is 0 Å². The molecule has 0 bridgehead atoms. The van der Waals surface area contributed by atoms with E-state index in [1.807, 2.05) is 0 Å². The molecule has 3 fully saturated rings. The molecule has 0 aromatic rings. The molecule has 0 aromatic carbocycles. The molecule has 3 heterocycles. The molecule has 0 aliphatic carbocycles.